The monoisotopic (exact) mass is 389 g/mol. The van der Waals surface area contributed by atoms with Gasteiger partial charge in [-0.1, -0.05) is 30.3 Å². The summed E-state index contributed by atoms with van der Waals surface area (Å²) in [5.74, 6) is 0.598. The summed E-state index contributed by atoms with van der Waals surface area (Å²) in [6.07, 6.45) is 3.48. The molecule has 1 unspecified atom stereocenters. The minimum absolute atomic E-state index is 0.143. The first-order valence-electron chi connectivity index (χ1n) is 8.88. The van der Waals surface area contributed by atoms with E-state index in [1.54, 1.807) is 40.4 Å². The Bertz CT molecular complexity index is 1060. The molecule has 28 heavy (non-hydrogen) atoms. The van der Waals surface area contributed by atoms with Crippen molar-refractivity contribution in [1.29, 1.82) is 0 Å². The third-order valence-corrected chi connectivity index (χ3v) is 5.47. The van der Waals surface area contributed by atoms with Crippen molar-refractivity contribution in [2.45, 2.75) is 13.0 Å². The summed E-state index contributed by atoms with van der Waals surface area (Å²) in [6.45, 7) is 1.96. The van der Waals surface area contributed by atoms with E-state index in [4.69, 9.17) is 0 Å². The van der Waals surface area contributed by atoms with Crippen LogP contribution in [0.1, 0.15) is 29.1 Å². The maximum atomic E-state index is 13.1. The molecule has 0 aliphatic heterocycles. The molecule has 140 valence electrons. The van der Waals surface area contributed by atoms with E-state index in [1.807, 2.05) is 66.9 Å². The lowest BCUT2D eigenvalue weighted by atomic mass is 10.1. The first-order valence-corrected chi connectivity index (χ1v) is 9.76. The number of amides is 1. The van der Waals surface area contributed by atoms with Gasteiger partial charge in [0, 0.05) is 19.4 Å². The average Bonchev–Trinajstić information content (AvgIpc) is 3.43. The standard InChI is InChI=1S/C21H19N5OS/c1-15(16-8-6-12-22-14-16)25(2)21(27)19-23-20(18-11-7-13-28-18)26(24-19)17-9-4-3-5-10-17/h3-15H,1-2H3. The fraction of sp³-hybridized carbons (Fsp3) is 0.143. The first-order chi connectivity index (χ1) is 13.6. The van der Waals surface area contributed by atoms with Crippen LogP contribution in [-0.2, 0) is 0 Å². The SMILES string of the molecule is CC(c1cccnc1)N(C)C(=O)c1nc(-c2cccs2)n(-c2ccccc2)n1. The van der Waals surface area contributed by atoms with Gasteiger partial charge in [-0.15, -0.1) is 16.4 Å². The largest absolute Gasteiger partial charge is 0.332 e. The van der Waals surface area contributed by atoms with Gasteiger partial charge in [0.1, 0.15) is 0 Å². The van der Waals surface area contributed by atoms with Crippen LogP contribution in [0.5, 0.6) is 0 Å². The van der Waals surface area contributed by atoms with Crippen molar-refractivity contribution in [1.82, 2.24) is 24.6 Å². The average molecular weight is 389 g/mol. The molecule has 0 bridgehead atoms. The molecule has 0 spiro atoms. The Labute approximate surface area is 167 Å². The zero-order valence-electron chi connectivity index (χ0n) is 15.6. The van der Waals surface area contributed by atoms with Crippen LogP contribution in [0.3, 0.4) is 0 Å². The van der Waals surface area contributed by atoms with Crippen LogP contribution in [0.4, 0.5) is 0 Å². The highest BCUT2D eigenvalue weighted by Crippen LogP contribution is 2.26. The number of nitrogens with zero attached hydrogens (tertiary/aromatic N) is 5. The second-order valence-electron chi connectivity index (χ2n) is 6.36. The Hall–Kier alpha value is -3.32. The Kier molecular flexibility index (Phi) is 4.99. The molecule has 0 radical (unpaired) electrons. The fourth-order valence-electron chi connectivity index (χ4n) is 2.90. The van der Waals surface area contributed by atoms with Gasteiger partial charge in [0.25, 0.3) is 5.91 Å². The number of carbonyl (C=O) groups excluding carboxylic acids is 1. The molecule has 7 heteroatoms. The van der Waals surface area contributed by atoms with Crippen LogP contribution < -0.4 is 0 Å². The Morgan fingerprint density at radius 2 is 1.93 bits per heavy atom. The molecular weight excluding hydrogens is 370 g/mol. The van der Waals surface area contributed by atoms with Crippen molar-refractivity contribution in [2.24, 2.45) is 0 Å². The molecule has 4 rings (SSSR count). The number of para-hydroxylation sites is 1. The topological polar surface area (TPSA) is 63.9 Å². The van der Waals surface area contributed by atoms with Crippen molar-refractivity contribution >= 4 is 17.2 Å². The molecule has 0 aliphatic carbocycles. The number of aromatic nitrogens is 4. The Morgan fingerprint density at radius 3 is 2.61 bits per heavy atom. The molecule has 6 nitrogen and oxygen atoms in total. The van der Waals surface area contributed by atoms with E-state index in [0.29, 0.717) is 5.82 Å². The third kappa shape index (κ3) is 3.44. The third-order valence-electron chi connectivity index (χ3n) is 4.61. The Balaban J connectivity index is 1.71. The van der Waals surface area contributed by atoms with E-state index >= 15 is 0 Å². The molecule has 0 aliphatic rings. The number of hydrogen-bond acceptors (Lipinski definition) is 5. The van der Waals surface area contributed by atoms with Crippen LogP contribution in [-0.4, -0.2) is 37.6 Å². The first kappa shape index (κ1) is 18.1. The van der Waals surface area contributed by atoms with Crippen molar-refractivity contribution in [3.05, 3.63) is 83.8 Å². The molecule has 3 heterocycles. The minimum atomic E-state index is -0.233. The van der Waals surface area contributed by atoms with Crippen LogP contribution in [0, 0.1) is 0 Å². The van der Waals surface area contributed by atoms with Crippen LogP contribution in [0.2, 0.25) is 0 Å². The van der Waals surface area contributed by atoms with Gasteiger partial charge in [0.15, 0.2) is 5.82 Å². The normalized spacial score (nSPS) is 11.9. The van der Waals surface area contributed by atoms with Gasteiger partial charge in [-0.25, -0.2) is 9.67 Å². The Morgan fingerprint density at radius 1 is 1.11 bits per heavy atom. The van der Waals surface area contributed by atoms with Crippen molar-refractivity contribution < 1.29 is 4.79 Å². The van der Waals surface area contributed by atoms with Gasteiger partial charge < -0.3 is 4.90 Å². The highest BCUT2D eigenvalue weighted by Gasteiger charge is 2.25. The maximum absolute atomic E-state index is 13.1. The summed E-state index contributed by atoms with van der Waals surface area (Å²) >= 11 is 1.56. The summed E-state index contributed by atoms with van der Waals surface area (Å²) in [4.78, 5) is 24.4. The van der Waals surface area contributed by atoms with Gasteiger partial charge >= 0.3 is 0 Å². The molecule has 0 saturated heterocycles. The van der Waals surface area contributed by atoms with E-state index in [0.717, 1.165) is 16.1 Å². The zero-order chi connectivity index (χ0) is 19.5. The highest BCUT2D eigenvalue weighted by molar-refractivity contribution is 7.13. The summed E-state index contributed by atoms with van der Waals surface area (Å²) in [5, 5.41) is 6.52. The molecule has 4 aromatic rings. The quantitative estimate of drug-likeness (QED) is 0.513. The number of benzene rings is 1. The second-order valence-corrected chi connectivity index (χ2v) is 7.31. The maximum Gasteiger partial charge on any atom is 0.293 e. The molecule has 1 atom stereocenters. The van der Waals surface area contributed by atoms with E-state index in [1.165, 1.54) is 0 Å². The van der Waals surface area contributed by atoms with Crippen LogP contribution in [0.25, 0.3) is 16.4 Å². The summed E-state index contributed by atoms with van der Waals surface area (Å²) in [5.41, 5.74) is 1.82. The fourth-order valence-corrected chi connectivity index (χ4v) is 3.60. The van der Waals surface area contributed by atoms with Crippen molar-refractivity contribution in [3.63, 3.8) is 0 Å². The molecule has 0 fully saturated rings. The number of hydrogen-bond donors (Lipinski definition) is 0. The number of pyridine rings is 1. The summed E-state index contributed by atoms with van der Waals surface area (Å²) in [7, 11) is 1.76. The van der Waals surface area contributed by atoms with Gasteiger partial charge in [0.2, 0.25) is 5.82 Å². The summed E-state index contributed by atoms with van der Waals surface area (Å²) < 4.78 is 1.72. The summed E-state index contributed by atoms with van der Waals surface area (Å²) in [6, 6.07) is 17.3. The van der Waals surface area contributed by atoms with Crippen LogP contribution in [0.15, 0.2) is 72.4 Å². The predicted octanol–water partition coefficient (Wildman–Crippen LogP) is 4.22. The van der Waals surface area contributed by atoms with Gasteiger partial charge in [-0.2, -0.15) is 0 Å². The molecular formula is C21H19N5OS. The lowest BCUT2D eigenvalue weighted by Crippen LogP contribution is -2.30. The van der Waals surface area contributed by atoms with Gasteiger partial charge in [-0.05, 0) is 42.1 Å². The highest BCUT2D eigenvalue weighted by atomic mass is 32.1. The lowest BCUT2D eigenvalue weighted by molar-refractivity contribution is 0.0730. The molecule has 3 aromatic heterocycles. The van der Waals surface area contributed by atoms with Gasteiger partial charge in [0.05, 0.1) is 16.6 Å². The van der Waals surface area contributed by atoms with E-state index < -0.39 is 0 Å². The number of rotatable bonds is 5. The minimum Gasteiger partial charge on any atom is -0.332 e. The van der Waals surface area contributed by atoms with E-state index in [9.17, 15) is 4.79 Å². The lowest BCUT2D eigenvalue weighted by Gasteiger charge is -2.23. The molecule has 0 saturated carbocycles. The smallest absolute Gasteiger partial charge is 0.293 e. The second kappa shape index (κ2) is 7.74. The predicted molar refractivity (Wildman–Crippen MR) is 109 cm³/mol. The van der Waals surface area contributed by atoms with Crippen LogP contribution >= 0.6 is 11.3 Å². The zero-order valence-corrected chi connectivity index (χ0v) is 16.4. The molecule has 1 aromatic carbocycles. The number of carbonyl (C=O) groups is 1. The van der Waals surface area contributed by atoms with Crippen molar-refractivity contribution in [3.8, 4) is 16.4 Å². The molecule has 1 amide bonds. The van der Waals surface area contributed by atoms with Gasteiger partial charge in [-0.3, -0.25) is 9.78 Å². The number of thiophene rings is 1. The van der Waals surface area contributed by atoms with E-state index in [2.05, 4.69) is 15.1 Å². The molecule has 0 N–H and O–H groups in total. The van der Waals surface area contributed by atoms with Crippen molar-refractivity contribution in [2.75, 3.05) is 7.05 Å². The van der Waals surface area contributed by atoms with E-state index in [-0.39, 0.29) is 17.8 Å².